The molecule has 44 heavy (non-hydrogen) atoms. The number of piperazine rings is 1. The smallest absolute Gasteiger partial charge is 0.416 e. The highest BCUT2D eigenvalue weighted by Gasteiger charge is 2.43. The van der Waals surface area contributed by atoms with Gasteiger partial charge in [0, 0.05) is 49.5 Å². The second-order valence-corrected chi connectivity index (χ2v) is 14.5. The number of benzene rings is 3. The number of carbonyl (C=O) groups excluding carboxylic acids is 1. The molecule has 5 rings (SSSR count). The van der Waals surface area contributed by atoms with Crippen molar-refractivity contribution in [2.75, 3.05) is 36.4 Å². The van der Waals surface area contributed by atoms with E-state index in [9.17, 15) is 14.7 Å². The molecule has 0 bridgehead atoms. The van der Waals surface area contributed by atoms with Gasteiger partial charge in [-0.25, -0.2) is 14.5 Å². The Hall–Kier alpha value is -4.04. The molecule has 0 aliphatic carbocycles. The first-order valence-electron chi connectivity index (χ1n) is 15.4. The van der Waals surface area contributed by atoms with E-state index in [1.165, 1.54) is 16.0 Å². The van der Waals surface area contributed by atoms with Crippen molar-refractivity contribution >= 4 is 34.9 Å². The molecule has 2 aliphatic rings. The lowest BCUT2D eigenvalue weighted by Gasteiger charge is -2.44. The molecule has 0 spiro atoms. The van der Waals surface area contributed by atoms with Crippen LogP contribution < -0.4 is 10.2 Å². The molecule has 2 aliphatic heterocycles. The van der Waals surface area contributed by atoms with Crippen molar-refractivity contribution in [1.29, 1.82) is 0 Å². The molecule has 0 saturated carbocycles. The second kappa shape index (κ2) is 11.5. The van der Waals surface area contributed by atoms with Gasteiger partial charge in [-0.05, 0) is 78.8 Å². The van der Waals surface area contributed by atoms with E-state index in [2.05, 4.69) is 57.0 Å². The van der Waals surface area contributed by atoms with E-state index >= 15 is 0 Å². The van der Waals surface area contributed by atoms with Crippen LogP contribution in [0.1, 0.15) is 77.6 Å². The van der Waals surface area contributed by atoms with Crippen LogP contribution >= 0.6 is 0 Å². The molecule has 0 atom stereocenters. The van der Waals surface area contributed by atoms with Gasteiger partial charge in [-0.3, -0.25) is 4.90 Å². The Morgan fingerprint density at radius 2 is 1.52 bits per heavy atom. The third-order valence-electron chi connectivity index (χ3n) is 8.47. The van der Waals surface area contributed by atoms with Gasteiger partial charge >= 0.3 is 12.2 Å². The first-order chi connectivity index (χ1) is 20.6. The highest BCUT2D eigenvalue weighted by Crippen LogP contribution is 2.53. The van der Waals surface area contributed by atoms with E-state index in [1.807, 2.05) is 69.3 Å². The van der Waals surface area contributed by atoms with Crippen LogP contribution in [0.25, 0.3) is 0 Å². The number of fused-ring (bicyclic) bond motifs is 2. The van der Waals surface area contributed by atoms with Crippen LogP contribution in [0, 0.1) is 0 Å². The topological polar surface area (TPSA) is 85.4 Å². The van der Waals surface area contributed by atoms with E-state index in [1.54, 1.807) is 4.90 Å². The molecule has 8 heteroatoms. The molecule has 2 amide bonds. The van der Waals surface area contributed by atoms with Crippen LogP contribution in [0.5, 0.6) is 0 Å². The number of carboxylic acid groups (broad SMARTS) is 1. The fourth-order valence-corrected chi connectivity index (χ4v) is 6.58. The zero-order valence-electron chi connectivity index (χ0n) is 27.3. The average molecular weight is 599 g/mol. The van der Waals surface area contributed by atoms with Crippen molar-refractivity contribution in [2.24, 2.45) is 0 Å². The fourth-order valence-electron chi connectivity index (χ4n) is 6.58. The number of hydrogen-bond donors (Lipinski definition) is 2. The number of nitrogens with zero attached hydrogens (tertiary/aromatic N) is 3. The van der Waals surface area contributed by atoms with Crippen LogP contribution in [0.3, 0.4) is 0 Å². The number of anilines is 4. The van der Waals surface area contributed by atoms with Gasteiger partial charge in [0.2, 0.25) is 0 Å². The molecular weight excluding hydrogens is 552 g/mol. The number of nitrogens with one attached hydrogen (secondary N) is 1. The van der Waals surface area contributed by atoms with Gasteiger partial charge in [-0.2, -0.15) is 0 Å². The fraction of sp³-hybridized carbons (Fsp3) is 0.444. The Balaban J connectivity index is 1.50. The molecule has 3 aromatic carbocycles. The average Bonchev–Trinajstić information content (AvgIpc) is 2.92. The molecule has 2 heterocycles. The number of ether oxygens (including phenoxy) is 1. The summed E-state index contributed by atoms with van der Waals surface area (Å²) in [5.41, 5.74) is 6.32. The summed E-state index contributed by atoms with van der Waals surface area (Å²) in [6.45, 7) is 20.1. The van der Waals surface area contributed by atoms with Crippen LogP contribution in [-0.2, 0) is 22.1 Å². The molecule has 1 saturated heterocycles. The van der Waals surface area contributed by atoms with Crippen molar-refractivity contribution in [2.45, 2.75) is 78.4 Å². The van der Waals surface area contributed by atoms with E-state index in [4.69, 9.17) is 4.74 Å². The number of rotatable bonds is 4. The van der Waals surface area contributed by atoms with Gasteiger partial charge in [-0.1, -0.05) is 65.0 Å². The molecule has 1 fully saturated rings. The van der Waals surface area contributed by atoms with Gasteiger partial charge in [-0.15, -0.1) is 0 Å². The third-order valence-corrected chi connectivity index (χ3v) is 8.47. The standard InChI is InChI=1S/C36H46N4O4/c1-34(2,3)30-24(23-38-18-20-39(21-19-38)33(43)44-35(4,5)6)14-17-28-31(30)36(7,8)27-16-15-26(22-29(27)40(28)32(41)42)37-25-12-10-9-11-13-25/h9-17,22,37H,18-21,23H2,1-8H3,(H,41,42). The Morgan fingerprint density at radius 3 is 2.11 bits per heavy atom. The van der Waals surface area contributed by atoms with E-state index < -0.39 is 17.1 Å². The van der Waals surface area contributed by atoms with Crippen LogP contribution in [0.4, 0.5) is 32.3 Å². The van der Waals surface area contributed by atoms with Gasteiger partial charge in [0.25, 0.3) is 0 Å². The predicted octanol–water partition coefficient (Wildman–Crippen LogP) is 8.24. The molecule has 2 N–H and O–H groups in total. The highest BCUT2D eigenvalue weighted by molar-refractivity contribution is 6.00. The van der Waals surface area contributed by atoms with Crippen molar-refractivity contribution in [3.05, 3.63) is 82.9 Å². The molecule has 8 nitrogen and oxygen atoms in total. The Bertz CT molecular complexity index is 1540. The number of amides is 2. The Morgan fingerprint density at radius 1 is 0.864 bits per heavy atom. The molecule has 0 radical (unpaired) electrons. The minimum atomic E-state index is -1.01. The predicted molar refractivity (Wildman–Crippen MR) is 177 cm³/mol. The van der Waals surface area contributed by atoms with E-state index in [0.29, 0.717) is 24.5 Å². The van der Waals surface area contributed by atoms with E-state index in [0.717, 1.165) is 42.1 Å². The molecule has 3 aromatic rings. The molecular formula is C36H46N4O4. The monoisotopic (exact) mass is 598 g/mol. The lowest BCUT2D eigenvalue weighted by atomic mass is 9.66. The lowest BCUT2D eigenvalue weighted by Crippen LogP contribution is -2.49. The number of hydrogen-bond acceptors (Lipinski definition) is 5. The van der Waals surface area contributed by atoms with Gasteiger partial charge < -0.3 is 20.1 Å². The van der Waals surface area contributed by atoms with Crippen molar-refractivity contribution in [1.82, 2.24) is 9.80 Å². The Labute approximate surface area is 261 Å². The zero-order valence-corrected chi connectivity index (χ0v) is 27.3. The maximum atomic E-state index is 13.0. The summed E-state index contributed by atoms with van der Waals surface area (Å²) in [6.07, 6.45) is -1.27. The second-order valence-electron chi connectivity index (χ2n) is 14.5. The van der Waals surface area contributed by atoms with E-state index in [-0.39, 0.29) is 11.5 Å². The normalized spacial score (nSPS) is 16.6. The Kier molecular flexibility index (Phi) is 8.18. The molecule has 0 unspecified atom stereocenters. The summed E-state index contributed by atoms with van der Waals surface area (Å²) in [4.78, 5) is 31.2. The maximum absolute atomic E-state index is 13.0. The third kappa shape index (κ3) is 6.27. The minimum Gasteiger partial charge on any atom is -0.464 e. The molecule has 0 aromatic heterocycles. The summed E-state index contributed by atoms with van der Waals surface area (Å²) in [5.74, 6) is 0. The van der Waals surface area contributed by atoms with Crippen molar-refractivity contribution in [3.63, 3.8) is 0 Å². The van der Waals surface area contributed by atoms with Gasteiger partial charge in [0.1, 0.15) is 5.60 Å². The van der Waals surface area contributed by atoms with Crippen molar-refractivity contribution < 1.29 is 19.4 Å². The first kappa shape index (κ1) is 31.4. The SMILES string of the molecule is CC(C)(C)OC(=O)N1CCN(Cc2ccc3c(c2C(C)(C)C)C(C)(C)c2ccc(Nc4ccccc4)cc2N3C(=O)O)CC1. The summed E-state index contributed by atoms with van der Waals surface area (Å²) in [7, 11) is 0. The zero-order chi connectivity index (χ0) is 32.0. The summed E-state index contributed by atoms with van der Waals surface area (Å²) in [6, 6.07) is 20.0. The first-order valence-corrected chi connectivity index (χ1v) is 15.4. The molecule has 234 valence electrons. The lowest BCUT2D eigenvalue weighted by molar-refractivity contribution is 0.0138. The van der Waals surface area contributed by atoms with Gasteiger partial charge in [0.15, 0.2) is 0 Å². The van der Waals surface area contributed by atoms with Crippen LogP contribution in [-0.4, -0.2) is 58.9 Å². The van der Waals surface area contributed by atoms with Crippen molar-refractivity contribution in [3.8, 4) is 0 Å². The van der Waals surface area contributed by atoms with Crippen LogP contribution in [0.2, 0.25) is 0 Å². The van der Waals surface area contributed by atoms with Gasteiger partial charge in [0.05, 0.1) is 11.4 Å². The minimum absolute atomic E-state index is 0.243. The summed E-state index contributed by atoms with van der Waals surface area (Å²) in [5, 5.41) is 14.0. The number of para-hydroxylation sites is 1. The van der Waals surface area contributed by atoms with Crippen LogP contribution in [0.15, 0.2) is 60.7 Å². The number of carbonyl (C=O) groups is 2. The summed E-state index contributed by atoms with van der Waals surface area (Å²) < 4.78 is 5.59. The quantitative estimate of drug-likeness (QED) is 0.315. The summed E-state index contributed by atoms with van der Waals surface area (Å²) >= 11 is 0. The highest BCUT2D eigenvalue weighted by atomic mass is 16.6. The largest absolute Gasteiger partial charge is 0.464 e. The maximum Gasteiger partial charge on any atom is 0.416 e.